The first-order valence-corrected chi connectivity index (χ1v) is 5.06. The maximum Gasteiger partial charge on any atom is 0.128 e. The maximum absolute atomic E-state index is 5.76. The summed E-state index contributed by atoms with van der Waals surface area (Å²) < 4.78 is 6.99. The summed E-state index contributed by atoms with van der Waals surface area (Å²) in [5.74, 6) is 1.45. The first-order valence-electron chi connectivity index (χ1n) is 5.06. The highest BCUT2D eigenvalue weighted by atomic mass is 16.5. The normalized spacial score (nSPS) is 10.4. The number of aryl methyl sites for hydroxylation is 2. The standard InChI is InChI=1S/C12H15N3O/c1-8-4-5-9(11(6-8)16-3)10-7-12(13)15(2)14-10/h4-7H,13H2,1-3H3. The lowest BCUT2D eigenvalue weighted by atomic mass is 10.1. The Bertz CT molecular complexity index is 497. The van der Waals surface area contributed by atoms with Crippen LogP contribution in [0.1, 0.15) is 5.56 Å². The summed E-state index contributed by atoms with van der Waals surface area (Å²) in [6.45, 7) is 2.03. The average Bonchev–Trinajstić information content (AvgIpc) is 2.59. The molecule has 84 valence electrons. The number of aromatic nitrogens is 2. The van der Waals surface area contributed by atoms with Gasteiger partial charge in [0.2, 0.25) is 0 Å². The fourth-order valence-corrected chi connectivity index (χ4v) is 1.62. The zero-order valence-electron chi connectivity index (χ0n) is 9.69. The zero-order valence-corrected chi connectivity index (χ0v) is 9.69. The largest absolute Gasteiger partial charge is 0.496 e. The number of nitrogen functional groups attached to an aromatic ring is 1. The Morgan fingerprint density at radius 1 is 1.31 bits per heavy atom. The van der Waals surface area contributed by atoms with E-state index >= 15 is 0 Å². The molecule has 0 bridgehead atoms. The summed E-state index contributed by atoms with van der Waals surface area (Å²) >= 11 is 0. The van der Waals surface area contributed by atoms with E-state index < -0.39 is 0 Å². The molecule has 0 saturated carbocycles. The van der Waals surface area contributed by atoms with Crippen molar-refractivity contribution in [3.63, 3.8) is 0 Å². The van der Waals surface area contributed by atoms with Crippen LogP contribution in [0, 0.1) is 6.92 Å². The molecule has 2 rings (SSSR count). The van der Waals surface area contributed by atoms with E-state index in [1.807, 2.05) is 38.2 Å². The predicted molar refractivity (Wildman–Crippen MR) is 64.3 cm³/mol. The Morgan fingerprint density at radius 3 is 2.62 bits per heavy atom. The summed E-state index contributed by atoms with van der Waals surface area (Å²) in [5, 5.41) is 4.33. The molecule has 2 aromatic rings. The first-order chi connectivity index (χ1) is 7.61. The average molecular weight is 217 g/mol. The van der Waals surface area contributed by atoms with Crippen LogP contribution in [-0.4, -0.2) is 16.9 Å². The molecule has 0 aliphatic carbocycles. The van der Waals surface area contributed by atoms with Crippen LogP contribution in [0.5, 0.6) is 5.75 Å². The number of hydrogen-bond donors (Lipinski definition) is 1. The van der Waals surface area contributed by atoms with Crippen molar-refractivity contribution in [3.05, 3.63) is 29.8 Å². The van der Waals surface area contributed by atoms with Crippen LogP contribution in [0.15, 0.2) is 24.3 Å². The number of anilines is 1. The van der Waals surface area contributed by atoms with Crippen molar-refractivity contribution in [3.8, 4) is 17.0 Å². The number of benzene rings is 1. The van der Waals surface area contributed by atoms with E-state index in [0.29, 0.717) is 5.82 Å². The van der Waals surface area contributed by atoms with Gasteiger partial charge in [-0.2, -0.15) is 5.10 Å². The van der Waals surface area contributed by atoms with Gasteiger partial charge in [-0.25, -0.2) is 0 Å². The molecule has 2 N–H and O–H groups in total. The highest BCUT2D eigenvalue weighted by Gasteiger charge is 2.10. The fraction of sp³-hybridized carbons (Fsp3) is 0.250. The van der Waals surface area contributed by atoms with E-state index in [1.54, 1.807) is 11.8 Å². The van der Waals surface area contributed by atoms with Crippen LogP contribution in [-0.2, 0) is 7.05 Å². The second-order valence-corrected chi connectivity index (χ2v) is 3.78. The van der Waals surface area contributed by atoms with Gasteiger partial charge in [0.15, 0.2) is 0 Å². The van der Waals surface area contributed by atoms with Gasteiger partial charge in [-0.3, -0.25) is 4.68 Å². The van der Waals surface area contributed by atoms with Crippen LogP contribution in [0.2, 0.25) is 0 Å². The van der Waals surface area contributed by atoms with Crippen LogP contribution >= 0.6 is 0 Å². The molecule has 0 unspecified atom stereocenters. The molecule has 0 saturated heterocycles. The van der Waals surface area contributed by atoms with E-state index in [4.69, 9.17) is 10.5 Å². The topological polar surface area (TPSA) is 53.1 Å². The summed E-state index contributed by atoms with van der Waals surface area (Å²) in [6.07, 6.45) is 0. The third kappa shape index (κ3) is 1.74. The summed E-state index contributed by atoms with van der Waals surface area (Å²) in [7, 11) is 3.48. The molecule has 1 aromatic carbocycles. The Morgan fingerprint density at radius 2 is 2.06 bits per heavy atom. The summed E-state index contributed by atoms with van der Waals surface area (Å²) in [6, 6.07) is 7.85. The van der Waals surface area contributed by atoms with E-state index in [0.717, 1.165) is 22.6 Å². The first kappa shape index (κ1) is 10.5. The minimum Gasteiger partial charge on any atom is -0.496 e. The highest BCUT2D eigenvalue weighted by Crippen LogP contribution is 2.30. The molecule has 4 nitrogen and oxygen atoms in total. The molecule has 4 heteroatoms. The van der Waals surface area contributed by atoms with E-state index in [-0.39, 0.29) is 0 Å². The van der Waals surface area contributed by atoms with Gasteiger partial charge in [0.1, 0.15) is 11.6 Å². The number of hydrogen-bond acceptors (Lipinski definition) is 3. The van der Waals surface area contributed by atoms with Gasteiger partial charge < -0.3 is 10.5 Å². The predicted octanol–water partition coefficient (Wildman–Crippen LogP) is 1.99. The van der Waals surface area contributed by atoms with Gasteiger partial charge in [-0.15, -0.1) is 0 Å². The molecular formula is C12H15N3O. The Labute approximate surface area is 94.6 Å². The lowest BCUT2D eigenvalue weighted by molar-refractivity contribution is 0.416. The van der Waals surface area contributed by atoms with Gasteiger partial charge in [0.05, 0.1) is 12.8 Å². The van der Waals surface area contributed by atoms with Crippen LogP contribution in [0.3, 0.4) is 0 Å². The van der Waals surface area contributed by atoms with Gasteiger partial charge in [-0.1, -0.05) is 6.07 Å². The number of methoxy groups -OCH3 is 1. The van der Waals surface area contributed by atoms with Crippen molar-refractivity contribution in [2.45, 2.75) is 6.92 Å². The number of nitrogens with zero attached hydrogens (tertiary/aromatic N) is 2. The van der Waals surface area contributed by atoms with E-state index in [2.05, 4.69) is 5.10 Å². The molecule has 1 heterocycles. The SMILES string of the molecule is COc1cc(C)ccc1-c1cc(N)n(C)n1. The lowest BCUT2D eigenvalue weighted by Crippen LogP contribution is -1.96. The van der Waals surface area contributed by atoms with Crippen molar-refractivity contribution in [2.24, 2.45) is 7.05 Å². The van der Waals surface area contributed by atoms with Gasteiger partial charge in [0, 0.05) is 18.7 Å². The van der Waals surface area contributed by atoms with Gasteiger partial charge in [-0.05, 0) is 24.6 Å². The molecular weight excluding hydrogens is 202 g/mol. The maximum atomic E-state index is 5.76. The molecule has 1 aromatic heterocycles. The molecule has 0 radical (unpaired) electrons. The monoisotopic (exact) mass is 217 g/mol. The Kier molecular flexibility index (Phi) is 2.56. The van der Waals surface area contributed by atoms with E-state index in [9.17, 15) is 0 Å². The van der Waals surface area contributed by atoms with Crippen LogP contribution in [0.25, 0.3) is 11.3 Å². The van der Waals surface area contributed by atoms with Crippen molar-refractivity contribution in [2.75, 3.05) is 12.8 Å². The third-order valence-corrected chi connectivity index (χ3v) is 2.55. The lowest BCUT2D eigenvalue weighted by Gasteiger charge is -2.06. The highest BCUT2D eigenvalue weighted by molar-refractivity contribution is 5.69. The molecule has 0 aliphatic heterocycles. The number of nitrogens with two attached hydrogens (primary N) is 1. The second-order valence-electron chi connectivity index (χ2n) is 3.78. The Hall–Kier alpha value is -1.97. The van der Waals surface area contributed by atoms with Crippen molar-refractivity contribution in [1.82, 2.24) is 9.78 Å². The smallest absolute Gasteiger partial charge is 0.128 e. The number of ether oxygens (including phenoxy) is 1. The van der Waals surface area contributed by atoms with Gasteiger partial charge in [0.25, 0.3) is 0 Å². The van der Waals surface area contributed by atoms with Crippen LogP contribution < -0.4 is 10.5 Å². The van der Waals surface area contributed by atoms with E-state index in [1.165, 1.54) is 0 Å². The zero-order chi connectivity index (χ0) is 11.7. The second kappa shape index (κ2) is 3.89. The molecule has 16 heavy (non-hydrogen) atoms. The third-order valence-electron chi connectivity index (χ3n) is 2.55. The fourth-order valence-electron chi connectivity index (χ4n) is 1.62. The molecule has 0 amide bonds. The molecule has 0 spiro atoms. The van der Waals surface area contributed by atoms with Crippen LogP contribution in [0.4, 0.5) is 5.82 Å². The molecule has 0 aliphatic rings. The van der Waals surface area contributed by atoms with Gasteiger partial charge >= 0.3 is 0 Å². The van der Waals surface area contributed by atoms with Crippen molar-refractivity contribution in [1.29, 1.82) is 0 Å². The minimum absolute atomic E-state index is 0.637. The number of rotatable bonds is 2. The summed E-state index contributed by atoms with van der Waals surface area (Å²) in [4.78, 5) is 0. The molecule has 0 atom stereocenters. The molecule has 0 fully saturated rings. The minimum atomic E-state index is 0.637. The summed E-state index contributed by atoms with van der Waals surface area (Å²) in [5.41, 5.74) is 8.71. The van der Waals surface area contributed by atoms with Crippen molar-refractivity contribution < 1.29 is 4.74 Å². The Balaban J connectivity index is 2.55. The quantitative estimate of drug-likeness (QED) is 0.836. The van der Waals surface area contributed by atoms with Crippen molar-refractivity contribution >= 4 is 5.82 Å².